The number of halogens is 1. The van der Waals surface area contributed by atoms with Crippen LogP contribution in [0.3, 0.4) is 0 Å². The molecule has 6 nitrogen and oxygen atoms in total. The Morgan fingerprint density at radius 2 is 1.74 bits per heavy atom. The summed E-state index contributed by atoms with van der Waals surface area (Å²) in [6, 6.07) is 18.3. The van der Waals surface area contributed by atoms with E-state index in [1.807, 2.05) is 38.1 Å². The summed E-state index contributed by atoms with van der Waals surface area (Å²) in [5.74, 6) is 0.267. The number of aryl methyl sites for hydroxylation is 1. The first-order chi connectivity index (χ1) is 14.8. The number of carbonyl (C=O) groups is 1. The lowest BCUT2D eigenvalue weighted by Crippen LogP contribution is -2.24. The molecule has 0 aromatic heterocycles. The second kappa shape index (κ2) is 9.85. The highest BCUT2D eigenvalue weighted by molar-refractivity contribution is 7.92. The smallest absolute Gasteiger partial charge is 0.261 e. The topological polar surface area (TPSA) is 84.5 Å². The zero-order valence-corrected chi connectivity index (χ0v) is 18.8. The zero-order valence-electron chi connectivity index (χ0n) is 17.2. The van der Waals surface area contributed by atoms with Crippen molar-refractivity contribution in [2.75, 3.05) is 11.3 Å². The average Bonchev–Trinajstić information content (AvgIpc) is 2.74. The molecule has 0 bridgehead atoms. The first-order valence-electron chi connectivity index (χ1n) is 9.68. The minimum absolute atomic E-state index is 0.131. The summed E-state index contributed by atoms with van der Waals surface area (Å²) in [5.41, 5.74) is 2.19. The first-order valence-corrected chi connectivity index (χ1v) is 11.5. The molecule has 3 rings (SSSR count). The number of para-hydroxylation sites is 1. The predicted molar refractivity (Wildman–Crippen MR) is 122 cm³/mol. The first kappa shape index (κ1) is 22.7. The van der Waals surface area contributed by atoms with Gasteiger partial charge in [-0.15, -0.1) is 0 Å². The summed E-state index contributed by atoms with van der Waals surface area (Å²) in [6.07, 6.45) is 0. The highest BCUT2D eigenvalue weighted by Crippen LogP contribution is 2.24. The summed E-state index contributed by atoms with van der Waals surface area (Å²) >= 11 is 6.20. The maximum absolute atomic E-state index is 12.7. The molecule has 0 atom stereocenters. The normalized spacial score (nSPS) is 11.1. The van der Waals surface area contributed by atoms with Gasteiger partial charge in [0.25, 0.3) is 15.9 Å². The van der Waals surface area contributed by atoms with Crippen molar-refractivity contribution < 1.29 is 17.9 Å². The van der Waals surface area contributed by atoms with Crippen molar-refractivity contribution in [3.05, 3.63) is 88.4 Å². The van der Waals surface area contributed by atoms with E-state index in [9.17, 15) is 13.2 Å². The Kier molecular flexibility index (Phi) is 7.20. The van der Waals surface area contributed by atoms with Crippen molar-refractivity contribution in [2.24, 2.45) is 0 Å². The molecule has 0 aliphatic rings. The molecule has 0 aliphatic carbocycles. The van der Waals surface area contributed by atoms with Crippen molar-refractivity contribution in [1.29, 1.82) is 0 Å². The predicted octanol–water partition coefficient (Wildman–Crippen LogP) is 4.78. The van der Waals surface area contributed by atoms with Gasteiger partial charge in [-0.2, -0.15) is 0 Å². The molecule has 31 heavy (non-hydrogen) atoms. The highest BCUT2D eigenvalue weighted by atomic mass is 35.5. The molecule has 162 valence electrons. The molecule has 3 aromatic rings. The van der Waals surface area contributed by atoms with Gasteiger partial charge < -0.3 is 10.1 Å². The Balaban J connectivity index is 1.76. The maximum Gasteiger partial charge on any atom is 0.261 e. The number of ether oxygens (including phenoxy) is 1. The highest BCUT2D eigenvalue weighted by Gasteiger charge is 2.17. The minimum Gasteiger partial charge on any atom is -0.494 e. The van der Waals surface area contributed by atoms with Crippen LogP contribution in [-0.4, -0.2) is 20.9 Å². The van der Waals surface area contributed by atoms with E-state index in [0.29, 0.717) is 12.4 Å². The number of amides is 1. The Morgan fingerprint density at radius 3 is 2.45 bits per heavy atom. The van der Waals surface area contributed by atoms with E-state index in [1.54, 1.807) is 12.1 Å². The monoisotopic (exact) mass is 458 g/mol. The Bertz CT molecular complexity index is 1180. The molecule has 2 N–H and O–H groups in total. The fourth-order valence-corrected chi connectivity index (χ4v) is 4.16. The molecule has 8 heteroatoms. The minimum atomic E-state index is -3.79. The fraction of sp³-hybridized carbons (Fsp3) is 0.174. The number of nitrogens with one attached hydrogen (secondary N) is 2. The van der Waals surface area contributed by atoms with Crippen molar-refractivity contribution in [3.63, 3.8) is 0 Å². The summed E-state index contributed by atoms with van der Waals surface area (Å²) in [4.78, 5) is 12.9. The molecular weight excluding hydrogens is 436 g/mol. The standard InChI is InChI=1S/C23H23ClN2O4S/c1-3-30-22-7-5-4-6-17(22)15-25-23(27)20-14-18(10-13-21(20)24)26-31(28,29)19-11-8-16(2)9-12-19/h4-14,26H,3,15H2,1-2H3,(H,25,27). The summed E-state index contributed by atoms with van der Waals surface area (Å²) < 4.78 is 33.3. The van der Waals surface area contributed by atoms with E-state index in [4.69, 9.17) is 16.3 Å². The van der Waals surface area contributed by atoms with Gasteiger partial charge in [0.2, 0.25) is 0 Å². The van der Waals surface area contributed by atoms with E-state index in [2.05, 4.69) is 10.0 Å². The number of hydrogen-bond donors (Lipinski definition) is 2. The van der Waals surface area contributed by atoms with E-state index in [0.717, 1.165) is 11.1 Å². The van der Waals surface area contributed by atoms with Gasteiger partial charge in [-0.1, -0.05) is 47.5 Å². The van der Waals surface area contributed by atoms with Gasteiger partial charge in [0.05, 0.1) is 22.1 Å². The van der Waals surface area contributed by atoms with E-state index >= 15 is 0 Å². The molecule has 0 radical (unpaired) electrons. The van der Waals surface area contributed by atoms with Crippen LogP contribution in [0.25, 0.3) is 0 Å². The third-order valence-corrected chi connectivity index (χ3v) is 6.23. The third kappa shape index (κ3) is 5.77. The van der Waals surface area contributed by atoms with Crippen LogP contribution in [0, 0.1) is 6.92 Å². The van der Waals surface area contributed by atoms with E-state index in [1.165, 1.54) is 30.3 Å². The Hall–Kier alpha value is -3.03. The molecule has 0 fully saturated rings. The second-order valence-corrected chi connectivity index (χ2v) is 8.93. The van der Waals surface area contributed by atoms with Crippen molar-refractivity contribution in [1.82, 2.24) is 5.32 Å². The molecular formula is C23H23ClN2O4S. The number of anilines is 1. The van der Waals surface area contributed by atoms with Crippen molar-refractivity contribution in [2.45, 2.75) is 25.3 Å². The number of hydrogen-bond acceptors (Lipinski definition) is 4. The fourth-order valence-electron chi connectivity index (χ4n) is 2.91. The summed E-state index contributed by atoms with van der Waals surface area (Å²) in [6.45, 7) is 4.52. The molecule has 3 aromatic carbocycles. The van der Waals surface area contributed by atoms with Crippen molar-refractivity contribution in [3.8, 4) is 5.75 Å². The van der Waals surface area contributed by atoms with Crippen LogP contribution < -0.4 is 14.8 Å². The molecule has 0 aliphatic heterocycles. The third-order valence-electron chi connectivity index (χ3n) is 4.51. The SMILES string of the molecule is CCOc1ccccc1CNC(=O)c1cc(NS(=O)(=O)c2ccc(C)cc2)ccc1Cl. The lowest BCUT2D eigenvalue weighted by Gasteiger charge is -2.13. The van der Waals surface area contributed by atoms with Gasteiger partial charge in [0.1, 0.15) is 5.75 Å². The molecule has 0 spiro atoms. The molecule has 0 saturated carbocycles. The second-order valence-electron chi connectivity index (χ2n) is 6.84. The van der Waals surface area contributed by atoms with Gasteiger partial charge >= 0.3 is 0 Å². The van der Waals surface area contributed by atoms with Gasteiger partial charge in [-0.05, 0) is 50.2 Å². The maximum atomic E-state index is 12.7. The lowest BCUT2D eigenvalue weighted by atomic mass is 10.1. The molecule has 0 heterocycles. The molecule has 0 unspecified atom stereocenters. The van der Waals surface area contributed by atoms with Crippen molar-refractivity contribution >= 4 is 33.2 Å². The molecule has 0 saturated heterocycles. The van der Waals surface area contributed by atoms with Crippen LogP contribution in [0.5, 0.6) is 5.75 Å². The zero-order chi connectivity index (χ0) is 22.4. The quantitative estimate of drug-likeness (QED) is 0.508. The molecule has 1 amide bonds. The van der Waals surface area contributed by atoms with Crippen LogP contribution in [0.15, 0.2) is 71.6 Å². The van der Waals surface area contributed by atoms with Crippen LogP contribution in [0.2, 0.25) is 5.02 Å². The van der Waals surface area contributed by atoms with Gasteiger partial charge in [0.15, 0.2) is 0 Å². The number of rotatable bonds is 8. The van der Waals surface area contributed by atoms with Crippen LogP contribution in [0.4, 0.5) is 5.69 Å². The van der Waals surface area contributed by atoms with Crippen LogP contribution >= 0.6 is 11.6 Å². The Morgan fingerprint density at radius 1 is 1.03 bits per heavy atom. The lowest BCUT2D eigenvalue weighted by molar-refractivity contribution is 0.0951. The van der Waals surface area contributed by atoms with Gasteiger partial charge in [0, 0.05) is 17.8 Å². The number of carbonyl (C=O) groups excluding carboxylic acids is 1. The summed E-state index contributed by atoms with van der Waals surface area (Å²) in [5, 5.41) is 3.02. The van der Waals surface area contributed by atoms with Gasteiger partial charge in [-0.3, -0.25) is 9.52 Å². The van der Waals surface area contributed by atoms with Gasteiger partial charge in [-0.25, -0.2) is 8.42 Å². The van der Waals surface area contributed by atoms with Crippen LogP contribution in [0.1, 0.15) is 28.4 Å². The number of benzene rings is 3. The largest absolute Gasteiger partial charge is 0.494 e. The average molecular weight is 459 g/mol. The Labute approximate surface area is 187 Å². The van der Waals surface area contributed by atoms with Crippen LogP contribution in [-0.2, 0) is 16.6 Å². The van der Waals surface area contributed by atoms with E-state index in [-0.39, 0.29) is 27.7 Å². The van der Waals surface area contributed by atoms with E-state index < -0.39 is 15.9 Å². The number of sulfonamides is 1. The summed E-state index contributed by atoms with van der Waals surface area (Å²) in [7, 11) is -3.79.